The van der Waals surface area contributed by atoms with Crippen LogP contribution in [0.3, 0.4) is 0 Å². The molecule has 1 atom stereocenters. The molecule has 0 bridgehead atoms. The molecule has 22 heavy (non-hydrogen) atoms. The van der Waals surface area contributed by atoms with E-state index in [4.69, 9.17) is 16.1 Å². The number of hydrogen-bond donors (Lipinski definition) is 1. The summed E-state index contributed by atoms with van der Waals surface area (Å²) in [6.07, 6.45) is 2.38. The van der Waals surface area contributed by atoms with E-state index in [1.54, 1.807) is 0 Å². The van der Waals surface area contributed by atoms with Crippen molar-refractivity contribution in [2.75, 3.05) is 19.6 Å². The number of halogens is 1. The van der Waals surface area contributed by atoms with E-state index < -0.39 is 0 Å². The summed E-state index contributed by atoms with van der Waals surface area (Å²) in [7, 11) is 0. The van der Waals surface area contributed by atoms with Gasteiger partial charge in [-0.3, -0.25) is 4.90 Å². The van der Waals surface area contributed by atoms with Crippen LogP contribution in [0, 0.1) is 0 Å². The fourth-order valence-electron chi connectivity index (χ4n) is 2.99. The first-order chi connectivity index (χ1) is 10.8. The molecule has 2 aliphatic rings. The second-order valence-electron chi connectivity index (χ2n) is 6.07. The second-order valence-corrected chi connectivity index (χ2v) is 6.50. The number of nitrogens with one attached hydrogen (secondary N) is 1. The normalized spacial score (nSPS) is 22.9. The largest absolute Gasteiger partial charge is 0.338 e. The third-order valence-electron chi connectivity index (χ3n) is 4.35. The number of hydrogen-bond acceptors (Lipinski definition) is 5. The molecule has 4 rings (SSSR count). The smallest absolute Gasteiger partial charge is 0.240 e. The Morgan fingerprint density at radius 1 is 1.36 bits per heavy atom. The van der Waals surface area contributed by atoms with Gasteiger partial charge in [0, 0.05) is 36.6 Å². The van der Waals surface area contributed by atoms with Gasteiger partial charge in [-0.1, -0.05) is 28.9 Å². The van der Waals surface area contributed by atoms with Crippen LogP contribution >= 0.6 is 11.6 Å². The predicted molar refractivity (Wildman–Crippen MR) is 83.7 cm³/mol. The van der Waals surface area contributed by atoms with Crippen molar-refractivity contribution in [3.63, 3.8) is 0 Å². The maximum Gasteiger partial charge on any atom is 0.240 e. The lowest BCUT2D eigenvalue weighted by Crippen LogP contribution is -2.45. The number of aromatic nitrogens is 2. The van der Waals surface area contributed by atoms with Crippen LogP contribution in [0.2, 0.25) is 5.02 Å². The Kier molecular flexibility index (Phi) is 3.86. The zero-order valence-electron chi connectivity index (χ0n) is 12.3. The highest BCUT2D eigenvalue weighted by atomic mass is 35.5. The lowest BCUT2D eigenvalue weighted by atomic mass is 10.0. The summed E-state index contributed by atoms with van der Waals surface area (Å²) in [5.74, 6) is 2.13. The number of benzene rings is 1. The van der Waals surface area contributed by atoms with Gasteiger partial charge in [0.2, 0.25) is 5.89 Å². The molecule has 2 fully saturated rings. The first-order valence-corrected chi connectivity index (χ1v) is 8.20. The summed E-state index contributed by atoms with van der Waals surface area (Å²) in [6.45, 7) is 3.53. The van der Waals surface area contributed by atoms with Gasteiger partial charge in [-0.25, -0.2) is 0 Å². The molecule has 0 radical (unpaired) electrons. The zero-order valence-corrected chi connectivity index (χ0v) is 13.1. The monoisotopic (exact) mass is 318 g/mol. The maximum atomic E-state index is 6.14. The average molecular weight is 319 g/mol. The Balaban J connectivity index is 1.52. The lowest BCUT2D eigenvalue weighted by Gasteiger charge is -2.35. The van der Waals surface area contributed by atoms with Crippen LogP contribution in [0.4, 0.5) is 0 Å². The highest BCUT2D eigenvalue weighted by Gasteiger charge is 2.30. The van der Waals surface area contributed by atoms with Crippen LogP contribution < -0.4 is 5.32 Å². The fourth-order valence-corrected chi connectivity index (χ4v) is 3.19. The first-order valence-electron chi connectivity index (χ1n) is 7.82. The van der Waals surface area contributed by atoms with E-state index in [-0.39, 0.29) is 6.04 Å². The van der Waals surface area contributed by atoms with Gasteiger partial charge in [0.15, 0.2) is 5.82 Å². The van der Waals surface area contributed by atoms with E-state index in [0.29, 0.717) is 12.5 Å². The molecule has 5 nitrogen and oxygen atoms in total. The van der Waals surface area contributed by atoms with E-state index in [1.165, 1.54) is 18.4 Å². The third-order valence-corrected chi connectivity index (χ3v) is 4.59. The Hall–Kier alpha value is -1.43. The van der Waals surface area contributed by atoms with Crippen LogP contribution in [0.5, 0.6) is 0 Å². The molecule has 116 valence electrons. The maximum absolute atomic E-state index is 6.14. The molecule has 6 heteroatoms. The third kappa shape index (κ3) is 3.02. The Morgan fingerprint density at radius 2 is 2.27 bits per heavy atom. The van der Waals surface area contributed by atoms with E-state index in [2.05, 4.69) is 26.4 Å². The van der Waals surface area contributed by atoms with Gasteiger partial charge >= 0.3 is 0 Å². The summed E-state index contributed by atoms with van der Waals surface area (Å²) in [4.78, 5) is 6.93. The fraction of sp³-hybridized carbons (Fsp3) is 0.500. The van der Waals surface area contributed by atoms with Crippen molar-refractivity contribution in [3.05, 3.63) is 46.6 Å². The quantitative estimate of drug-likeness (QED) is 0.939. The van der Waals surface area contributed by atoms with Gasteiger partial charge in [0.25, 0.3) is 0 Å². The van der Waals surface area contributed by atoms with Crippen LogP contribution in [-0.2, 0) is 6.54 Å². The summed E-state index contributed by atoms with van der Waals surface area (Å²) >= 11 is 6.14. The SMILES string of the molecule is Clc1cccc(C2CNCCN2Cc2nc(C3CC3)no2)c1. The minimum atomic E-state index is 0.281. The standard InChI is InChI=1S/C16H19ClN4O/c17-13-3-1-2-12(8-13)14-9-18-6-7-21(14)10-15-19-16(20-22-15)11-4-5-11/h1-3,8,11,14,18H,4-7,9-10H2. The highest BCUT2D eigenvalue weighted by molar-refractivity contribution is 6.30. The van der Waals surface area contributed by atoms with Crippen molar-refractivity contribution < 1.29 is 4.52 Å². The average Bonchev–Trinajstić information content (AvgIpc) is 3.28. The van der Waals surface area contributed by atoms with Crippen LogP contribution in [0.15, 0.2) is 28.8 Å². The van der Waals surface area contributed by atoms with Gasteiger partial charge < -0.3 is 9.84 Å². The molecule has 1 aliphatic carbocycles. The van der Waals surface area contributed by atoms with E-state index in [9.17, 15) is 0 Å². The van der Waals surface area contributed by atoms with Gasteiger partial charge in [0.05, 0.1) is 6.54 Å². The summed E-state index contributed by atoms with van der Waals surface area (Å²) < 4.78 is 5.43. The number of nitrogens with zero attached hydrogens (tertiary/aromatic N) is 3. The van der Waals surface area contributed by atoms with Crippen molar-refractivity contribution in [2.45, 2.75) is 31.3 Å². The summed E-state index contributed by atoms with van der Waals surface area (Å²) in [5, 5.41) is 8.33. The molecular weight excluding hydrogens is 300 g/mol. The molecule has 1 saturated heterocycles. The second kappa shape index (κ2) is 5.99. The zero-order chi connectivity index (χ0) is 14.9. The van der Waals surface area contributed by atoms with Crippen LogP contribution in [0.1, 0.15) is 42.1 Å². The van der Waals surface area contributed by atoms with Gasteiger partial charge in [-0.2, -0.15) is 4.98 Å². The van der Waals surface area contributed by atoms with Crippen molar-refractivity contribution >= 4 is 11.6 Å². The molecule has 1 saturated carbocycles. The minimum absolute atomic E-state index is 0.281. The van der Waals surface area contributed by atoms with Crippen LogP contribution in [-0.4, -0.2) is 34.7 Å². The minimum Gasteiger partial charge on any atom is -0.338 e. The highest BCUT2D eigenvalue weighted by Crippen LogP contribution is 2.38. The number of rotatable bonds is 4. The Morgan fingerprint density at radius 3 is 3.09 bits per heavy atom. The van der Waals surface area contributed by atoms with Gasteiger partial charge in [-0.15, -0.1) is 0 Å². The van der Waals surface area contributed by atoms with Crippen molar-refractivity contribution in [3.8, 4) is 0 Å². The Labute approximate surface area is 134 Å². The molecule has 1 N–H and O–H groups in total. The van der Waals surface area contributed by atoms with Crippen LogP contribution in [0.25, 0.3) is 0 Å². The van der Waals surface area contributed by atoms with Crippen molar-refractivity contribution in [1.29, 1.82) is 0 Å². The molecule has 1 unspecified atom stereocenters. The lowest BCUT2D eigenvalue weighted by molar-refractivity contribution is 0.135. The molecule has 2 aromatic rings. The molecular formula is C16H19ClN4O. The molecule has 2 heterocycles. The van der Waals surface area contributed by atoms with Gasteiger partial charge in [-0.05, 0) is 30.5 Å². The summed E-state index contributed by atoms with van der Waals surface area (Å²) in [5.41, 5.74) is 1.22. The van der Waals surface area contributed by atoms with E-state index >= 15 is 0 Å². The van der Waals surface area contributed by atoms with Crippen molar-refractivity contribution in [1.82, 2.24) is 20.4 Å². The molecule has 0 amide bonds. The molecule has 1 aromatic carbocycles. The molecule has 0 spiro atoms. The topological polar surface area (TPSA) is 54.2 Å². The first kappa shape index (κ1) is 14.2. The number of piperazine rings is 1. The van der Waals surface area contributed by atoms with Gasteiger partial charge in [0.1, 0.15) is 0 Å². The predicted octanol–water partition coefficient (Wildman–Crippen LogP) is 2.75. The van der Waals surface area contributed by atoms with Crippen molar-refractivity contribution in [2.24, 2.45) is 0 Å². The molecule has 1 aromatic heterocycles. The summed E-state index contributed by atoms with van der Waals surface area (Å²) in [6, 6.07) is 8.35. The van der Waals surface area contributed by atoms with E-state index in [1.807, 2.05) is 18.2 Å². The van der Waals surface area contributed by atoms with E-state index in [0.717, 1.165) is 36.4 Å². The molecule has 1 aliphatic heterocycles. The Bertz CT molecular complexity index is 655.